The zero-order chi connectivity index (χ0) is 19.9. The molecule has 2 heterocycles. The quantitative estimate of drug-likeness (QED) is 0.524. The number of amides is 1. The van der Waals surface area contributed by atoms with E-state index in [1.54, 1.807) is 24.3 Å². The lowest BCUT2D eigenvalue weighted by Gasteiger charge is -2.27. The van der Waals surface area contributed by atoms with Crippen molar-refractivity contribution in [1.82, 2.24) is 5.43 Å². The van der Waals surface area contributed by atoms with E-state index in [0.29, 0.717) is 16.9 Å². The summed E-state index contributed by atoms with van der Waals surface area (Å²) in [5.74, 6) is 0.476. The highest BCUT2D eigenvalue weighted by molar-refractivity contribution is 5.99. The number of carbonyl (C=O) groups excluding carboxylic acids is 1. The number of ether oxygens (including phenoxy) is 1. The molecule has 0 fully saturated rings. The molecule has 2 aromatic carbocycles. The SMILES string of the molecule is Cc1ccc(O)c(/C=N/NC(=O)c2cc3ccc4c(c3o2)C=CC(C)(C)O4)c1. The third kappa shape index (κ3) is 3.36. The normalized spacial score (nSPS) is 14.8. The van der Waals surface area contributed by atoms with E-state index in [-0.39, 0.29) is 17.1 Å². The van der Waals surface area contributed by atoms with Gasteiger partial charge < -0.3 is 14.3 Å². The number of benzene rings is 2. The molecule has 0 atom stereocenters. The molecular weight excluding hydrogens is 356 g/mol. The lowest BCUT2D eigenvalue weighted by Crippen LogP contribution is -2.27. The lowest BCUT2D eigenvalue weighted by atomic mass is 10.0. The Labute approximate surface area is 162 Å². The smallest absolute Gasteiger partial charge is 0.307 e. The fraction of sp³-hybridized carbons (Fsp3) is 0.182. The first kappa shape index (κ1) is 17.9. The number of rotatable bonds is 3. The van der Waals surface area contributed by atoms with E-state index in [1.165, 1.54) is 6.21 Å². The van der Waals surface area contributed by atoms with Gasteiger partial charge in [0.15, 0.2) is 5.76 Å². The first-order valence-corrected chi connectivity index (χ1v) is 8.90. The molecule has 2 N–H and O–H groups in total. The Balaban J connectivity index is 1.57. The van der Waals surface area contributed by atoms with Crippen LogP contribution in [-0.4, -0.2) is 22.8 Å². The second-order valence-electron chi connectivity index (χ2n) is 7.31. The Morgan fingerprint density at radius 2 is 2.04 bits per heavy atom. The minimum atomic E-state index is -0.477. The standard InChI is InChI=1S/C22H20N2O4/c1-13-4-6-17(25)15(10-13)12-23-24-21(26)19-11-14-5-7-18-16(20(14)27-19)8-9-22(2,3)28-18/h4-12,25H,1-3H3,(H,24,26)/b23-12+. The third-order valence-electron chi connectivity index (χ3n) is 4.49. The zero-order valence-electron chi connectivity index (χ0n) is 15.8. The molecule has 0 saturated carbocycles. The summed E-state index contributed by atoms with van der Waals surface area (Å²) in [4.78, 5) is 12.4. The minimum Gasteiger partial charge on any atom is -0.507 e. The summed E-state index contributed by atoms with van der Waals surface area (Å²) >= 11 is 0. The Hall–Kier alpha value is -3.54. The number of aromatic hydroxyl groups is 1. The monoisotopic (exact) mass is 376 g/mol. The second kappa shape index (κ2) is 6.56. The summed E-state index contributed by atoms with van der Waals surface area (Å²) in [6, 6.07) is 10.5. The molecule has 0 unspecified atom stereocenters. The number of fused-ring (bicyclic) bond motifs is 3. The van der Waals surface area contributed by atoms with Crippen LogP contribution in [0, 0.1) is 6.92 Å². The zero-order valence-corrected chi connectivity index (χ0v) is 15.8. The number of hydrogen-bond donors (Lipinski definition) is 2. The molecule has 6 nitrogen and oxygen atoms in total. The first-order valence-electron chi connectivity index (χ1n) is 8.90. The van der Waals surface area contributed by atoms with E-state index < -0.39 is 5.91 Å². The van der Waals surface area contributed by atoms with Gasteiger partial charge in [-0.1, -0.05) is 11.6 Å². The number of nitrogens with one attached hydrogen (secondary N) is 1. The van der Waals surface area contributed by atoms with E-state index in [1.807, 2.05) is 45.1 Å². The Morgan fingerprint density at radius 3 is 2.86 bits per heavy atom. The Bertz CT molecular complexity index is 1140. The average molecular weight is 376 g/mol. The van der Waals surface area contributed by atoms with E-state index in [2.05, 4.69) is 10.5 Å². The Morgan fingerprint density at radius 1 is 1.21 bits per heavy atom. The number of phenolic OH excluding ortho intramolecular Hbond substituents is 1. The van der Waals surface area contributed by atoms with Crippen LogP contribution in [0.3, 0.4) is 0 Å². The summed E-state index contributed by atoms with van der Waals surface area (Å²) in [7, 11) is 0. The van der Waals surface area contributed by atoms with Crippen molar-refractivity contribution in [2.75, 3.05) is 0 Å². The fourth-order valence-corrected chi connectivity index (χ4v) is 3.06. The van der Waals surface area contributed by atoms with Gasteiger partial charge in [0, 0.05) is 10.9 Å². The molecule has 1 aromatic heterocycles. The highest BCUT2D eigenvalue weighted by Crippen LogP contribution is 2.37. The maximum Gasteiger partial charge on any atom is 0.307 e. The fourth-order valence-electron chi connectivity index (χ4n) is 3.06. The number of aryl methyl sites for hydroxylation is 1. The first-order chi connectivity index (χ1) is 13.3. The molecule has 0 aliphatic carbocycles. The molecule has 1 amide bonds. The van der Waals surface area contributed by atoms with E-state index in [4.69, 9.17) is 9.15 Å². The van der Waals surface area contributed by atoms with Crippen LogP contribution in [0.1, 0.15) is 41.1 Å². The third-order valence-corrected chi connectivity index (χ3v) is 4.49. The molecule has 3 aromatic rings. The predicted octanol–water partition coefficient (Wildman–Crippen LogP) is 4.39. The molecular formula is C22H20N2O4. The molecule has 4 rings (SSSR count). The van der Waals surface area contributed by atoms with Gasteiger partial charge in [0.2, 0.25) is 0 Å². The number of hydrazone groups is 1. The van der Waals surface area contributed by atoms with Gasteiger partial charge in [0.1, 0.15) is 22.7 Å². The number of phenols is 1. The Kier molecular flexibility index (Phi) is 4.19. The van der Waals surface area contributed by atoms with Crippen LogP contribution >= 0.6 is 0 Å². The summed E-state index contributed by atoms with van der Waals surface area (Å²) in [5.41, 5.74) is 4.94. The summed E-state index contributed by atoms with van der Waals surface area (Å²) in [6.07, 6.45) is 5.30. The van der Waals surface area contributed by atoms with Crippen LogP contribution in [0.5, 0.6) is 11.5 Å². The maximum atomic E-state index is 12.4. The van der Waals surface area contributed by atoms with Gasteiger partial charge >= 0.3 is 5.91 Å². The van der Waals surface area contributed by atoms with Crippen molar-refractivity contribution in [3.05, 3.63) is 64.9 Å². The van der Waals surface area contributed by atoms with Gasteiger partial charge in [-0.15, -0.1) is 0 Å². The minimum absolute atomic E-state index is 0.0914. The maximum absolute atomic E-state index is 12.4. The van der Waals surface area contributed by atoms with Gasteiger partial charge in [0.05, 0.1) is 11.8 Å². The summed E-state index contributed by atoms with van der Waals surface area (Å²) in [6.45, 7) is 5.85. The molecule has 1 aliphatic rings. The van der Waals surface area contributed by atoms with Gasteiger partial charge in [-0.3, -0.25) is 4.79 Å². The number of nitrogens with zero attached hydrogens (tertiary/aromatic N) is 1. The van der Waals surface area contributed by atoms with Crippen LogP contribution in [0.15, 0.2) is 52.0 Å². The molecule has 6 heteroatoms. The lowest BCUT2D eigenvalue weighted by molar-refractivity contribution is 0.0929. The van der Waals surface area contributed by atoms with Gasteiger partial charge in [0.25, 0.3) is 0 Å². The van der Waals surface area contributed by atoms with E-state index in [9.17, 15) is 9.90 Å². The van der Waals surface area contributed by atoms with Crippen LogP contribution in [0.2, 0.25) is 0 Å². The van der Waals surface area contributed by atoms with Gasteiger partial charge in [-0.2, -0.15) is 5.10 Å². The number of carbonyl (C=O) groups is 1. The second-order valence-corrected chi connectivity index (χ2v) is 7.31. The highest BCUT2D eigenvalue weighted by atomic mass is 16.5. The van der Waals surface area contributed by atoms with Gasteiger partial charge in [-0.25, -0.2) is 5.43 Å². The van der Waals surface area contributed by atoms with Crippen molar-refractivity contribution in [3.8, 4) is 11.5 Å². The van der Waals surface area contributed by atoms with Crippen molar-refractivity contribution >= 4 is 29.2 Å². The van der Waals surface area contributed by atoms with E-state index in [0.717, 1.165) is 16.5 Å². The van der Waals surface area contributed by atoms with Crippen molar-refractivity contribution in [3.63, 3.8) is 0 Å². The van der Waals surface area contributed by atoms with Crippen LogP contribution in [0.4, 0.5) is 0 Å². The summed E-state index contributed by atoms with van der Waals surface area (Å²) in [5, 5.41) is 14.5. The predicted molar refractivity (Wildman–Crippen MR) is 108 cm³/mol. The highest BCUT2D eigenvalue weighted by Gasteiger charge is 2.24. The number of furan rings is 1. The molecule has 0 saturated heterocycles. The molecule has 1 aliphatic heterocycles. The molecule has 28 heavy (non-hydrogen) atoms. The van der Waals surface area contributed by atoms with E-state index >= 15 is 0 Å². The van der Waals surface area contributed by atoms with Crippen LogP contribution in [-0.2, 0) is 0 Å². The van der Waals surface area contributed by atoms with Gasteiger partial charge in [-0.05, 0) is 63.3 Å². The largest absolute Gasteiger partial charge is 0.507 e. The van der Waals surface area contributed by atoms with Crippen molar-refractivity contribution in [2.24, 2.45) is 5.10 Å². The van der Waals surface area contributed by atoms with Crippen molar-refractivity contribution < 1.29 is 19.1 Å². The average Bonchev–Trinajstić information content (AvgIpc) is 3.08. The molecule has 0 spiro atoms. The van der Waals surface area contributed by atoms with Crippen molar-refractivity contribution in [2.45, 2.75) is 26.4 Å². The van der Waals surface area contributed by atoms with Crippen LogP contribution in [0.25, 0.3) is 17.0 Å². The molecule has 0 bridgehead atoms. The summed E-state index contributed by atoms with van der Waals surface area (Å²) < 4.78 is 11.7. The molecule has 0 radical (unpaired) electrons. The van der Waals surface area contributed by atoms with Crippen LogP contribution < -0.4 is 10.2 Å². The number of hydrogen-bond acceptors (Lipinski definition) is 5. The van der Waals surface area contributed by atoms with Crippen molar-refractivity contribution in [1.29, 1.82) is 0 Å². The molecule has 142 valence electrons. The topological polar surface area (TPSA) is 84.1 Å².